The first kappa shape index (κ1) is 16.3. The van der Waals surface area contributed by atoms with Crippen LogP contribution in [0.5, 0.6) is 11.5 Å². The molecule has 0 radical (unpaired) electrons. The standard InChI is InChI=1S/C16H21N5O3/c1-22-13-6-5-11(8-14(13)23-2)20-16-19-10-18-15(21-16)17-9-12-4-3-7-24-12/h5-6,8,10,12H,3-4,7,9H2,1-2H3,(H2,17,18,19,20,21)/t12-/m0/s1. The number of rotatable bonds is 7. The van der Waals surface area contributed by atoms with Crippen molar-refractivity contribution >= 4 is 17.6 Å². The Morgan fingerprint density at radius 1 is 1.17 bits per heavy atom. The molecule has 1 aromatic carbocycles. The number of nitrogens with zero attached hydrogens (tertiary/aromatic N) is 3. The first-order chi connectivity index (χ1) is 11.8. The molecule has 1 aromatic heterocycles. The fraction of sp³-hybridized carbons (Fsp3) is 0.438. The largest absolute Gasteiger partial charge is 0.493 e. The van der Waals surface area contributed by atoms with Crippen LogP contribution < -0.4 is 20.1 Å². The van der Waals surface area contributed by atoms with Crippen LogP contribution in [0.1, 0.15) is 12.8 Å². The van der Waals surface area contributed by atoms with Gasteiger partial charge in [-0.2, -0.15) is 4.98 Å². The van der Waals surface area contributed by atoms with Crippen LogP contribution in [0.25, 0.3) is 0 Å². The Labute approximate surface area is 140 Å². The second-order valence-corrected chi connectivity index (χ2v) is 5.34. The van der Waals surface area contributed by atoms with Crippen molar-refractivity contribution in [2.24, 2.45) is 0 Å². The average Bonchev–Trinajstić information content (AvgIpc) is 3.14. The molecular weight excluding hydrogens is 310 g/mol. The summed E-state index contributed by atoms with van der Waals surface area (Å²) in [5.41, 5.74) is 0.795. The van der Waals surface area contributed by atoms with Gasteiger partial charge in [-0.25, -0.2) is 9.97 Å². The van der Waals surface area contributed by atoms with E-state index in [4.69, 9.17) is 14.2 Å². The highest BCUT2D eigenvalue weighted by Gasteiger charge is 2.15. The molecule has 0 aliphatic carbocycles. The summed E-state index contributed by atoms with van der Waals surface area (Å²) in [6, 6.07) is 5.51. The molecule has 1 atom stereocenters. The molecule has 128 valence electrons. The number of benzene rings is 1. The Morgan fingerprint density at radius 3 is 2.75 bits per heavy atom. The van der Waals surface area contributed by atoms with E-state index in [2.05, 4.69) is 25.6 Å². The lowest BCUT2D eigenvalue weighted by Gasteiger charge is -2.12. The number of ether oxygens (including phenoxy) is 3. The van der Waals surface area contributed by atoms with Crippen LogP contribution in [-0.4, -0.2) is 48.4 Å². The highest BCUT2D eigenvalue weighted by atomic mass is 16.5. The maximum Gasteiger partial charge on any atom is 0.231 e. The molecule has 1 aliphatic rings. The number of aromatic nitrogens is 3. The molecule has 2 N–H and O–H groups in total. The van der Waals surface area contributed by atoms with Crippen molar-refractivity contribution < 1.29 is 14.2 Å². The maximum absolute atomic E-state index is 5.57. The summed E-state index contributed by atoms with van der Waals surface area (Å²) in [5.74, 6) is 2.27. The van der Waals surface area contributed by atoms with Crippen LogP contribution in [0.3, 0.4) is 0 Å². The summed E-state index contributed by atoms with van der Waals surface area (Å²) < 4.78 is 16.1. The molecule has 0 saturated carbocycles. The Hall–Kier alpha value is -2.61. The molecule has 1 saturated heterocycles. The van der Waals surface area contributed by atoms with E-state index in [1.54, 1.807) is 14.2 Å². The Kier molecular flexibility index (Phi) is 5.27. The van der Waals surface area contributed by atoms with Crippen LogP contribution in [0.15, 0.2) is 24.5 Å². The molecule has 0 unspecified atom stereocenters. The molecule has 3 rings (SSSR count). The van der Waals surface area contributed by atoms with Crippen LogP contribution in [-0.2, 0) is 4.74 Å². The number of methoxy groups -OCH3 is 2. The minimum atomic E-state index is 0.226. The Bertz CT molecular complexity index is 677. The summed E-state index contributed by atoms with van der Waals surface area (Å²) in [5, 5.41) is 6.31. The third-order valence-corrected chi connectivity index (χ3v) is 3.72. The zero-order valence-electron chi connectivity index (χ0n) is 13.8. The van der Waals surface area contributed by atoms with Crippen LogP contribution in [0.2, 0.25) is 0 Å². The SMILES string of the molecule is COc1ccc(Nc2ncnc(NC[C@@H]3CCCO3)n2)cc1OC. The number of nitrogens with one attached hydrogen (secondary N) is 2. The van der Waals surface area contributed by atoms with Crippen molar-refractivity contribution in [3.05, 3.63) is 24.5 Å². The zero-order valence-corrected chi connectivity index (χ0v) is 13.8. The summed E-state index contributed by atoms with van der Waals surface area (Å²) in [7, 11) is 3.20. The normalized spacial score (nSPS) is 16.7. The number of hydrogen-bond donors (Lipinski definition) is 2. The first-order valence-corrected chi connectivity index (χ1v) is 7.82. The lowest BCUT2D eigenvalue weighted by molar-refractivity contribution is 0.120. The van der Waals surface area contributed by atoms with Crippen molar-refractivity contribution in [3.8, 4) is 11.5 Å². The topological polar surface area (TPSA) is 90.4 Å². The van der Waals surface area contributed by atoms with Gasteiger partial charge in [-0.3, -0.25) is 0 Å². The van der Waals surface area contributed by atoms with E-state index in [1.165, 1.54) is 6.33 Å². The molecule has 1 aliphatic heterocycles. The number of anilines is 3. The summed E-state index contributed by atoms with van der Waals surface area (Å²) in [6.07, 6.45) is 3.86. The van der Waals surface area contributed by atoms with Crippen LogP contribution >= 0.6 is 0 Å². The van der Waals surface area contributed by atoms with E-state index in [9.17, 15) is 0 Å². The van der Waals surface area contributed by atoms with Gasteiger partial charge in [0, 0.05) is 24.9 Å². The van der Waals surface area contributed by atoms with Gasteiger partial charge in [-0.15, -0.1) is 0 Å². The van der Waals surface area contributed by atoms with Gasteiger partial charge in [-0.1, -0.05) is 0 Å². The molecule has 0 bridgehead atoms. The van der Waals surface area contributed by atoms with E-state index < -0.39 is 0 Å². The van der Waals surface area contributed by atoms with Gasteiger partial charge in [0.25, 0.3) is 0 Å². The molecule has 2 aromatic rings. The minimum absolute atomic E-state index is 0.226. The van der Waals surface area contributed by atoms with Crippen molar-refractivity contribution in [1.29, 1.82) is 0 Å². The van der Waals surface area contributed by atoms with E-state index in [1.807, 2.05) is 18.2 Å². The number of hydrogen-bond acceptors (Lipinski definition) is 8. The van der Waals surface area contributed by atoms with Crippen molar-refractivity contribution in [2.45, 2.75) is 18.9 Å². The van der Waals surface area contributed by atoms with Gasteiger partial charge < -0.3 is 24.8 Å². The van der Waals surface area contributed by atoms with E-state index >= 15 is 0 Å². The van der Waals surface area contributed by atoms with Gasteiger partial charge in [0.2, 0.25) is 11.9 Å². The zero-order chi connectivity index (χ0) is 16.8. The Morgan fingerprint density at radius 2 is 2.00 bits per heavy atom. The highest BCUT2D eigenvalue weighted by Crippen LogP contribution is 2.30. The molecule has 24 heavy (non-hydrogen) atoms. The fourth-order valence-electron chi connectivity index (χ4n) is 2.50. The van der Waals surface area contributed by atoms with Crippen molar-refractivity contribution in [3.63, 3.8) is 0 Å². The third-order valence-electron chi connectivity index (χ3n) is 3.72. The highest BCUT2D eigenvalue weighted by molar-refractivity contribution is 5.60. The van der Waals surface area contributed by atoms with Crippen LogP contribution in [0, 0.1) is 0 Å². The average molecular weight is 331 g/mol. The molecule has 0 spiro atoms. The maximum atomic E-state index is 5.57. The molecule has 0 amide bonds. The van der Waals surface area contributed by atoms with Gasteiger partial charge >= 0.3 is 0 Å². The first-order valence-electron chi connectivity index (χ1n) is 7.82. The van der Waals surface area contributed by atoms with Crippen molar-refractivity contribution in [2.75, 3.05) is 38.0 Å². The van der Waals surface area contributed by atoms with Crippen LogP contribution in [0.4, 0.5) is 17.6 Å². The molecular formula is C16H21N5O3. The van der Waals surface area contributed by atoms with E-state index in [0.717, 1.165) is 25.1 Å². The Balaban J connectivity index is 1.65. The second kappa shape index (κ2) is 7.78. The second-order valence-electron chi connectivity index (χ2n) is 5.34. The lowest BCUT2D eigenvalue weighted by Crippen LogP contribution is -2.19. The summed E-state index contributed by atoms with van der Waals surface area (Å²) in [4.78, 5) is 12.6. The predicted molar refractivity (Wildman–Crippen MR) is 90.1 cm³/mol. The summed E-state index contributed by atoms with van der Waals surface area (Å²) in [6.45, 7) is 1.52. The molecule has 8 heteroatoms. The molecule has 1 fully saturated rings. The quantitative estimate of drug-likeness (QED) is 0.798. The predicted octanol–water partition coefficient (Wildman–Crippen LogP) is 2.22. The molecule has 8 nitrogen and oxygen atoms in total. The third kappa shape index (κ3) is 4.02. The lowest BCUT2D eigenvalue weighted by atomic mass is 10.2. The fourth-order valence-corrected chi connectivity index (χ4v) is 2.50. The van der Waals surface area contributed by atoms with E-state index in [0.29, 0.717) is 29.9 Å². The smallest absolute Gasteiger partial charge is 0.231 e. The van der Waals surface area contributed by atoms with Gasteiger partial charge in [0.1, 0.15) is 6.33 Å². The monoisotopic (exact) mass is 331 g/mol. The van der Waals surface area contributed by atoms with Gasteiger partial charge in [0.05, 0.1) is 20.3 Å². The van der Waals surface area contributed by atoms with Crippen molar-refractivity contribution in [1.82, 2.24) is 15.0 Å². The summed E-state index contributed by atoms with van der Waals surface area (Å²) >= 11 is 0. The van der Waals surface area contributed by atoms with Gasteiger partial charge in [0.15, 0.2) is 11.5 Å². The van der Waals surface area contributed by atoms with Gasteiger partial charge in [-0.05, 0) is 25.0 Å². The minimum Gasteiger partial charge on any atom is -0.493 e. The molecule has 2 heterocycles. The van der Waals surface area contributed by atoms with E-state index in [-0.39, 0.29) is 6.10 Å².